The lowest BCUT2D eigenvalue weighted by Crippen LogP contribution is -2.36. The monoisotopic (exact) mass is 326 g/mol. The minimum atomic E-state index is -0.401. The van der Waals surface area contributed by atoms with Crippen molar-refractivity contribution in [1.29, 1.82) is 0 Å². The topological polar surface area (TPSA) is 58.2 Å². The lowest BCUT2D eigenvalue weighted by Gasteiger charge is -2.24. The molecule has 0 spiro atoms. The molecule has 0 aliphatic carbocycles. The summed E-state index contributed by atoms with van der Waals surface area (Å²) in [5.41, 5.74) is 1.63. The highest BCUT2D eigenvalue weighted by Crippen LogP contribution is 2.31. The maximum absolute atomic E-state index is 12.4. The molecular weight excluding hydrogens is 308 g/mol. The largest absolute Gasteiger partial charge is 0.355 e. The molecule has 1 unspecified atom stereocenters. The van der Waals surface area contributed by atoms with Crippen molar-refractivity contribution in [1.82, 2.24) is 5.32 Å². The highest BCUT2D eigenvalue weighted by atomic mass is 32.2. The Kier molecular flexibility index (Phi) is 4.98. The average Bonchev–Trinajstić information content (AvgIpc) is 2.58. The zero-order valence-electron chi connectivity index (χ0n) is 12.6. The van der Waals surface area contributed by atoms with Gasteiger partial charge in [0.2, 0.25) is 11.8 Å². The molecular formula is C18H18N2O2S. The number of nitrogens with one attached hydrogen (secondary N) is 2. The number of carbonyl (C=O) groups excluding carboxylic acids is 2. The van der Waals surface area contributed by atoms with Gasteiger partial charge >= 0.3 is 0 Å². The van der Waals surface area contributed by atoms with Gasteiger partial charge in [-0.2, -0.15) is 0 Å². The predicted octanol–water partition coefficient (Wildman–Crippen LogP) is 3.02. The van der Waals surface area contributed by atoms with Crippen molar-refractivity contribution >= 4 is 29.3 Å². The fourth-order valence-electron chi connectivity index (χ4n) is 2.63. The number of hydrogen-bond acceptors (Lipinski definition) is 3. The SMILES string of the molecule is O=C1CC(C(=O)NCCSc2ccccc2)c2ccccc2N1. The number of carbonyl (C=O) groups is 2. The van der Waals surface area contributed by atoms with E-state index in [4.69, 9.17) is 0 Å². The Morgan fingerprint density at radius 2 is 1.87 bits per heavy atom. The first kappa shape index (κ1) is 15.6. The average molecular weight is 326 g/mol. The number of rotatable bonds is 5. The summed E-state index contributed by atoms with van der Waals surface area (Å²) in [6.07, 6.45) is 0.203. The fourth-order valence-corrected chi connectivity index (χ4v) is 3.42. The Labute approximate surface area is 139 Å². The third kappa shape index (κ3) is 3.93. The number of hydrogen-bond donors (Lipinski definition) is 2. The number of anilines is 1. The maximum atomic E-state index is 12.4. The Morgan fingerprint density at radius 3 is 2.70 bits per heavy atom. The summed E-state index contributed by atoms with van der Waals surface area (Å²) in [5, 5.41) is 5.75. The fraction of sp³-hybridized carbons (Fsp3) is 0.222. The molecule has 2 N–H and O–H groups in total. The molecule has 2 amide bonds. The van der Waals surface area contributed by atoms with Gasteiger partial charge in [-0.05, 0) is 23.8 Å². The standard InChI is InChI=1S/C18H18N2O2S/c21-17-12-15(14-8-4-5-9-16(14)20-17)18(22)19-10-11-23-13-6-2-1-3-7-13/h1-9,15H,10-12H2,(H,19,22)(H,20,21). The molecule has 1 heterocycles. The van der Waals surface area contributed by atoms with Crippen molar-refractivity contribution in [2.24, 2.45) is 0 Å². The Balaban J connectivity index is 1.55. The van der Waals surface area contributed by atoms with Gasteiger partial charge in [-0.1, -0.05) is 36.4 Å². The second-order valence-corrected chi connectivity index (χ2v) is 6.51. The molecule has 0 fully saturated rings. The third-order valence-electron chi connectivity index (χ3n) is 3.73. The van der Waals surface area contributed by atoms with E-state index in [1.807, 2.05) is 54.6 Å². The van der Waals surface area contributed by atoms with Crippen LogP contribution in [0, 0.1) is 0 Å². The summed E-state index contributed by atoms with van der Waals surface area (Å²) in [4.78, 5) is 25.4. The molecule has 2 aromatic rings. The molecule has 1 atom stereocenters. The van der Waals surface area contributed by atoms with Crippen molar-refractivity contribution in [2.45, 2.75) is 17.2 Å². The zero-order chi connectivity index (χ0) is 16.1. The van der Waals surface area contributed by atoms with Crippen LogP contribution in [-0.4, -0.2) is 24.1 Å². The third-order valence-corrected chi connectivity index (χ3v) is 4.74. The molecule has 4 nitrogen and oxygen atoms in total. The minimum absolute atomic E-state index is 0.0824. The van der Waals surface area contributed by atoms with Crippen LogP contribution in [0.4, 0.5) is 5.69 Å². The second-order valence-electron chi connectivity index (χ2n) is 5.34. The number of benzene rings is 2. The van der Waals surface area contributed by atoms with Crippen LogP contribution in [0.25, 0.3) is 0 Å². The van der Waals surface area contributed by atoms with E-state index >= 15 is 0 Å². The molecule has 3 rings (SSSR count). The first-order chi connectivity index (χ1) is 11.2. The Bertz CT molecular complexity index is 703. The smallest absolute Gasteiger partial charge is 0.228 e. The highest BCUT2D eigenvalue weighted by Gasteiger charge is 2.29. The maximum Gasteiger partial charge on any atom is 0.228 e. The van der Waals surface area contributed by atoms with Gasteiger partial charge in [0.15, 0.2) is 0 Å². The molecule has 0 aromatic heterocycles. The van der Waals surface area contributed by atoms with Crippen molar-refractivity contribution in [2.75, 3.05) is 17.6 Å². The highest BCUT2D eigenvalue weighted by molar-refractivity contribution is 7.99. The first-order valence-electron chi connectivity index (χ1n) is 7.58. The van der Waals surface area contributed by atoms with E-state index in [0.717, 1.165) is 17.0 Å². The molecule has 0 bridgehead atoms. The van der Waals surface area contributed by atoms with Gasteiger partial charge in [0.05, 0.1) is 5.92 Å². The summed E-state index contributed by atoms with van der Waals surface area (Å²) in [5.74, 6) is 0.209. The van der Waals surface area contributed by atoms with Crippen molar-refractivity contribution in [3.8, 4) is 0 Å². The van der Waals surface area contributed by atoms with Crippen molar-refractivity contribution in [3.63, 3.8) is 0 Å². The van der Waals surface area contributed by atoms with E-state index < -0.39 is 5.92 Å². The number of amides is 2. The molecule has 0 saturated carbocycles. The zero-order valence-corrected chi connectivity index (χ0v) is 13.4. The first-order valence-corrected chi connectivity index (χ1v) is 8.57. The van der Waals surface area contributed by atoms with Gasteiger partial charge in [0, 0.05) is 29.3 Å². The summed E-state index contributed by atoms with van der Waals surface area (Å²) >= 11 is 1.70. The lowest BCUT2D eigenvalue weighted by atomic mass is 9.90. The predicted molar refractivity (Wildman–Crippen MR) is 92.6 cm³/mol. The summed E-state index contributed by atoms with van der Waals surface area (Å²) < 4.78 is 0. The van der Waals surface area contributed by atoms with Crippen molar-refractivity contribution in [3.05, 3.63) is 60.2 Å². The van der Waals surface area contributed by atoms with E-state index in [1.54, 1.807) is 11.8 Å². The number of para-hydroxylation sites is 1. The van der Waals surface area contributed by atoms with E-state index in [-0.39, 0.29) is 18.2 Å². The lowest BCUT2D eigenvalue weighted by molar-refractivity contribution is -0.126. The van der Waals surface area contributed by atoms with Gasteiger partial charge in [-0.3, -0.25) is 9.59 Å². The van der Waals surface area contributed by atoms with Gasteiger partial charge < -0.3 is 10.6 Å². The normalized spacial score (nSPS) is 16.3. The van der Waals surface area contributed by atoms with Gasteiger partial charge in [0.1, 0.15) is 0 Å². The van der Waals surface area contributed by atoms with Crippen LogP contribution >= 0.6 is 11.8 Å². The summed E-state index contributed by atoms with van der Waals surface area (Å²) in [6.45, 7) is 0.582. The van der Waals surface area contributed by atoms with Crippen LogP contribution in [0.1, 0.15) is 17.9 Å². The number of thioether (sulfide) groups is 1. The quantitative estimate of drug-likeness (QED) is 0.656. The van der Waals surface area contributed by atoms with E-state index in [2.05, 4.69) is 10.6 Å². The summed E-state index contributed by atoms with van der Waals surface area (Å²) in [7, 11) is 0. The molecule has 118 valence electrons. The number of fused-ring (bicyclic) bond motifs is 1. The molecule has 0 radical (unpaired) electrons. The summed E-state index contributed by atoms with van der Waals surface area (Å²) in [6, 6.07) is 17.6. The van der Waals surface area contributed by atoms with Crippen LogP contribution < -0.4 is 10.6 Å². The van der Waals surface area contributed by atoms with Gasteiger partial charge in [-0.25, -0.2) is 0 Å². The van der Waals surface area contributed by atoms with E-state index in [0.29, 0.717) is 6.54 Å². The Hall–Kier alpha value is -2.27. The molecule has 1 aliphatic rings. The molecule has 1 aliphatic heterocycles. The molecule has 5 heteroatoms. The van der Waals surface area contributed by atoms with E-state index in [9.17, 15) is 9.59 Å². The van der Waals surface area contributed by atoms with Crippen LogP contribution in [-0.2, 0) is 9.59 Å². The van der Waals surface area contributed by atoms with E-state index in [1.165, 1.54) is 4.90 Å². The van der Waals surface area contributed by atoms with Crippen LogP contribution in [0.5, 0.6) is 0 Å². The van der Waals surface area contributed by atoms with Crippen LogP contribution in [0.3, 0.4) is 0 Å². The van der Waals surface area contributed by atoms with Gasteiger partial charge in [-0.15, -0.1) is 11.8 Å². The Morgan fingerprint density at radius 1 is 1.13 bits per heavy atom. The molecule has 2 aromatic carbocycles. The second kappa shape index (κ2) is 7.33. The van der Waals surface area contributed by atoms with Gasteiger partial charge in [0.25, 0.3) is 0 Å². The van der Waals surface area contributed by atoms with Crippen molar-refractivity contribution < 1.29 is 9.59 Å². The molecule has 23 heavy (non-hydrogen) atoms. The van der Waals surface area contributed by atoms with Crippen LogP contribution in [0.2, 0.25) is 0 Å². The minimum Gasteiger partial charge on any atom is -0.355 e. The van der Waals surface area contributed by atoms with Crippen LogP contribution in [0.15, 0.2) is 59.5 Å². The molecule has 0 saturated heterocycles.